The second-order valence-corrected chi connectivity index (χ2v) is 5.15. The first-order valence-electron chi connectivity index (χ1n) is 5.99. The zero-order valence-corrected chi connectivity index (χ0v) is 11.9. The third kappa shape index (κ3) is 2.77. The van der Waals surface area contributed by atoms with Crippen LogP contribution in [0.2, 0.25) is 0 Å². The number of ether oxygens (including phenoxy) is 1. The Morgan fingerprint density at radius 3 is 2.65 bits per heavy atom. The largest absolute Gasteiger partial charge is 0.377 e. The van der Waals surface area contributed by atoms with E-state index in [1.807, 2.05) is 7.05 Å². The van der Waals surface area contributed by atoms with Crippen molar-refractivity contribution < 1.29 is 4.74 Å². The van der Waals surface area contributed by atoms with E-state index in [0.717, 1.165) is 21.8 Å². The molecule has 0 saturated heterocycles. The fraction of sp³-hybridized carbons (Fsp3) is 0.667. The molecule has 94 valence electrons. The van der Waals surface area contributed by atoms with Crippen molar-refractivity contribution in [2.24, 2.45) is 0 Å². The van der Waals surface area contributed by atoms with Gasteiger partial charge < -0.3 is 10.1 Å². The molecule has 1 heterocycles. The lowest BCUT2D eigenvalue weighted by molar-refractivity contribution is 0.177. The highest BCUT2D eigenvalue weighted by atomic mass is 79.9. The Hall–Kier alpha value is -0.680. The molecule has 1 fully saturated rings. The zero-order valence-electron chi connectivity index (χ0n) is 10.3. The maximum atomic E-state index is 5.12. The lowest BCUT2D eigenvalue weighted by Crippen LogP contribution is -2.08. The number of nitrogens with zero attached hydrogens (tertiary/aromatic N) is 2. The molecule has 1 aromatic rings. The summed E-state index contributed by atoms with van der Waals surface area (Å²) in [5.74, 6) is 2.17. The molecule has 1 aliphatic carbocycles. The van der Waals surface area contributed by atoms with E-state index in [9.17, 15) is 0 Å². The van der Waals surface area contributed by atoms with Crippen LogP contribution in [0.25, 0.3) is 0 Å². The first-order valence-corrected chi connectivity index (χ1v) is 6.78. The van der Waals surface area contributed by atoms with Gasteiger partial charge in [0.15, 0.2) is 5.82 Å². The highest BCUT2D eigenvalue weighted by Gasteiger charge is 2.23. The smallest absolute Gasteiger partial charge is 0.156 e. The lowest BCUT2D eigenvalue weighted by Gasteiger charge is -2.15. The standard InChI is InChI=1S/C12H18BrN3O/c1-14-12-10(13)11(8-5-3-4-6-8)15-9(16-12)7-17-2/h8H,3-7H2,1-2H3,(H,14,15,16). The van der Waals surface area contributed by atoms with E-state index >= 15 is 0 Å². The maximum absolute atomic E-state index is 5.12. The first kappa shape index (κ1) is 12.8. The summed E-state index contributed by atoms with van der Waals surface area (Å²) in [5, 5.41) is 3.10. The molecular weight excluding hydrogens is 282 g/mol. The topological polar surface area (TPSA) is 47.0 Å². The molecule has 0 bridgehead atoms. The average Bonchev–Trinajstić information content (AvgIpc) is 2.85. The Balaban J connectivity index is 2.37. The van der Waals surface area contributed by atoms with E-state index < -0.39 is 0 Å². The minimum absolute atomic E-state index is 0.460. The highest BCUT2D eigenvalue weighted by Crippen LogP contribution is 2.38. The Bertz CT molecular complexity index is 392. The number of halogens is 1. The first-order chi connectivity index (χ1) is 8.26. The number of rotatable bonds is 4. The van der Waals surface area contributed by atoms with Gasteiger partial charge in [-0.25, -0.2) is 9.97 Å². The van der Waals surface area contributed by atoms with E-state index in [0.29, 0.717) is 12.5 Å². The van der Waals surface area contributed by atoms with Gasteiger partial charge in [-0.15, -0.1) is 0 Å². The molecule has 0 unspecified atom stereocenters. The van der Waals surface area contributed by atoms with Crippen molar-refractivity contribution in [1.82, 2.24) is 9.97 Å². The number of hydrogen-bond donors (Lipinski definition) is 1. The van der Waals surface area contributed by atoms with Gasteiger partial charge in [0.2, 0.25) is 0 Å². The Morgan fingerprint density at radius 2 is 2.06 bits per heavy atom. The molecular formula is C12H18BrN3O. The molecule has 1 aromatic heterocycles. The summed E-state index contributed by atoms with van der Waals surface area (Å²) in [7, 11) is 3.54. The predicted molar refractivity (Wildman–Crippen MR) is 71.2 cm³/mol. The van der Waals surface area contributed by atoms with Crippen LogP contribution in [0.15, 0.2) is 4.47 Å². The summed E-state index contributed by atoms with van der Waals surface area (Å²) in [5.41, 5.74) is 1.13. The van der Waals surface area contributed by atoms with Crippen LogP contribution < -0.4 is 5.32 Å². The van der Waals surface area contributed by atoms with Gasteiger partial charge in [0.05, 0.1) is 10.2 Å². The number of anilines is 1. The summed E-state index contributed by atoms with van der Waals surface area (Å²) in [4.78, 5) is 9.05. The van der Waals surface area contributed by atoms with E-state index in [-0.39, 0.29) is 0 Å². The van der Waals surface area contributed by atoms with Crippen molar-refractivity contribution in [3.8, 4) is 0 Å². The van der Waals surface area contributed by atoms with Crippen molar-refractivity contribution in [3.05, 3.63) is 16.0 Å². The van der Waals surface area contributed by atoms with Crippen LogP contribution in [-0.4, -0.2) is 24.1 Å². The molecule has 4 nitrogen and oxygen atoms in total. The SMILES string of the molecule is CNc1nc(COC)nc(C2CCCC2)c1Br. The summed E-state index contributed by atoms with van der Waals surface area (Å²) in [6.45, 7) is 0.460. The summed E-state index contributed by atoms with van der Waals surface area (Å²) < 4.78 is 6.12. The van der Waals surface area contributed by atoms with Crippen molar-refractivity contribution in [2.45, 2.75) is 38.2 Å². The number of hydrogen-bond acceptors (Lipinski definition) is 4. The van der Waals surface area contributed by atoms with Gasteiger partial charge in [0.1, 0.15) is 12.4 Å². The normalized spacial score (nSPS) is 16.4. The van der Waals surface area contributed by atoms with Crippen LogP contribution in [0.3, 0.4) is 0 Å². The third-order valence-electron chi connectivity index (χ3n) is 3.18. The molecule has 0 radical (unpaired) electrons. The molecule has 1 aliphatic rings. The average molecular weight is 300 g/mol. The summed E-state index contributed by atoms with van der Waals surface area (Å²) >= 11 is 3.61. The predicted octanol–water partition coefficient (Wildman–Crippen LogP) is 3.08. The minimum atomic E-state index is 0.460. The second-order valence-electron chi connectivity index (χ2n) is 4.35. The maximum Gasteiger partial charge on any atom is 0.156 e. The molecule has 17 heavy (non-hydrogen) atoms. The van der Waals surface area contributed by atoms with Crippen LogP contribution in [0.5, 0.6) is 0 Å². The molecule has 2 rings (SSSR count). The third-order valence-corrected chi connectivity index (χ3v) is 3.96. The van der Waals surface area contributed by atoms with Gasteiger partial charge in [0.25, 0.3) is 0 Å². The van der Waals surface area contributed by atoms with Crippen molar-refractivity contribution in [1.29, 1.82) is 0 Å². The monoisotopic (exact) mass is 299 g/mol. The van der Waals surface area contributed by atoms with Gasteiger partial charge in [-0.1, -0.05) is 12.8 Å². The van der Waals surface area contributed by atoms with Gasteiger partial charge in [-0.05, 0) is 28.8 Å². The van der Waals surface area contributed by atoms with Crippen LogP contribution in [0.4, 0.5) is 5.82 Å². The number of nitrogens with one attached hydrogen (secondary N) is 1. The Labute approximate surface area is 110 Å². The quantitative estimate of drug-likeness (QED) is 0.928. The molecule has 1 saturated carbocycles. The summed E-state index contributed by atoms with van der Waals surface area (Å²) in [6, 6.07) is 0. The van der Waals surface area contributed by atoms with Crippen molar-refractivity contribution in [2.75, 3.05) is 19.5 Å². The second kappa shape index (κ2) is 5.78. The fourth-order valence-corrected chi connectivity index (χ4v) is 3.04. The van der Waals surface area contributed by atoms with Gasteiger partial charge in [-0.2, -0.15) is 0 Å². The van der Waals surface area contributed by atoms with Crippen LogP contribution >= 0.6 is 15.9 Å². The summed E-state index contributed by atoms with van der Waals surface area (Å²) in [6.07, 6.45) is 5.06. The van der Waals surface area contributed by atoms with E-state index in [4.69, 9.17) is 4.74 Å². The molecule has 0 atom stereocenters. The van der Waals surface area contributed by atoms with Gasteiger partial charge >= 0.3 is 0 Å². The fourth-order valence-electron chi connectivity index (χ4n) is 2.34. The Morgan fingerprint density at radius 1 is 1.35 bits per heavy atom. The van der Waals surface area contributed by atoms with Crippen molar-refractivity contribution in [3.63, 3.8) is 0 Å². The minimum Gasteiger partial charge on any atom is -0.377 e. The zero-order chi connectivity index (χ0) is 12.3. The molecule has 0 spiro atoms. The van der Waals surface area contributed by atoms with E-state index in [2.05, 4.69) is 31.2 Å². The van der Waals surface area contributed by atoms with Gasteiger partial charge in [-0.3, -0.25) is 0 Å². The molecule has 0 aromatic carbocycles. The molecule has 5 heteroatoms. The van der Waals surface area contributed by atoms with Crippen LogP contribution in [0.1, 0.15) is 43.1 Å². The number of methoxy groups -OCH3 is 1. The van der Waals surface area contributed by atoms with Crippen molar-refractivity contribution >= 4 is 21.7 Å². The van der Waals surface area contributed by atoms with E-state index in [1.165, 1.54) is 25.7 Å². The molecule has 0 aliphatic heterocycles. The Kier molecular flexibility index (Phi) is 4.34. The van der Waals surface area contributed by atoms with Gasteiger partial charge in [0, 0.05) is 20.1 Å². The molecule has 0 amide bonds. The van der Waals surface area contributed by atoms with E-state index in [1.54, 1.807) is 7.11 Å². The van der Waals surface area contributed by atoms with Crippen LogP contribution in [0, 0.1) is 0 Å². The molecule has 1 N–H and O–H groups in total. The lowest BCUT2D eigenvalue weighted by atomic mass is 10.0. The highest BCUT2D eigenvalue weighted by molar-refractivity contribution is 9.10. The number of aromatic nitrogens is 2. The van der Waals surface area contributed by atoms with Crippen LogP contribution in [-0.2, 0) is 11.3 Å².